The lowest BCUT2D eigenvalue weighted by Crippen LogP contribution is -2.27. The lowest BCUT2D eigenvalue weighted by Gasteiger charge is -2.08. The first-order chi connectivity index (χ1) is 12.6. The number of benzene rings is 2. The Morgan fingerprint density at radius 3 is 2.69 bits per heavy atom. The van der Waals surface area contributed by atoms with Gasteiger partial charge < -0.3 is 14.6 Å². The van der Waals surface area contributed by atoms with E-state index in [0.29, 0.717) is 17.9 Å². The summed E-state index contributed by atoms with van der Waals surface area (Å²) in [4.78, 5) is 12.4. The number of carbonyl (C=O) groups is 1. The van der Waals surface area contributed by atoms with Crippen molar-refractivity contribution in [1.82, 2.24) is 10.5 Å². The molecule has 5 nitrogen and oxygen atoms in total. The lowest BCUT2D eigenvalue weighted by molar-refractivity contribution is 0.0943. The highest BCUT2D eigenvalue weighted by Crippen LogP contribution is 2.18. The molecule has 0 radical (unpaired) electrons. The number of ether oxygens (including phenoxy) is 1. The number of carbonyl (C=O) groups excluding carboxylic acids is 1. The van der Waals surface area contributed by atoms with E-state index in [1.807, 2.05) is 61.5 Å². The zero-order chi connectivity index (χ0) is 18.4. The van der Waals surface area contributed by atoms with Crippen molar-refractivity contribution in [2.24, 2.45) is 0 Å². The number of hydrogen-bond donors (Lipinski definition) is 1. The van der Waals surface area contributed by atoms with Crippen molar-refractivity contribution in [3.63, 3.8) is 0 Å². The monoisotopic (exact) mass is 350 g/mol. The van der Waals surface area contributed by atoms with Crippen molar-refractivity contribution in [2.45, 2.75) is 26.9 Å². The maximum Gasteiger partial charge on any atom is 0.273 e. The number of rotatable bonds is 7. The summed E-state index contributed by atoms with van der Waals surface area (Å²) >= 11 is 0. The van der Waals surface area contributed by atoms with Gasteiger partial charge in [0.15, 0.2) is 5.69 Å². The summed E-state index contributed by atoms with van der Waals surface area (Å²) in [7, 11) is 0. The Labute approximate surface area is 153 Å². The molecule has 1 amide bonds. The zero-order valence-corrected chi connectivity index (χ0v) is 15.0. The van der Waals surface area contributed by atoms with Crippen LogP contribution in [-0.2, 0) is 13.0 Å². The second-order valence-electron chi connectivity index (χ2n) is 6.16. The van der Waals surface area contributed by atoms with E-state index in [2.05, 4.69) is 10.5 Å². The maximum absolute atomic E-state index is 12.4. The second kappa shape index (κ2) is 8.34. The number of amides is 1. The number of hydrogen-bond acceptors (Lipinski definition) is 4. The average Bonchev–Trinajstić information content (AvgIpc) is 3.01. The van der Waals surface area contributed by atoms with Crippen LogP contribution in [0.2, 0.25) is 0 Å². The summed E-state index contributed by atoms with van der Waals surface area (Å²) in [5, 5.41) is 6.80. The van der Waals surface area contributed by atoms with Gasteiger partial charge in [-0.25, -0.2) is 0 Å². The van der Waals surface area contributed by atoms with E-state index in [1.54, 1.807) is 6.92 Å². The summed E-state index contributed by atoms with van der Waals surface area (Å²) in [6, 6.07) is 17.8. The van der Waals surface area contributed by atoms with E-state index in [4.69, 9.17) is 9.26 Å². The van der Waals surface area contributed by atoms with Crippen LogP contribution in [0.3, 0.4) is 0 Å². The molecule has 26 heavy (non-hydrogen) atoms. The van der Waals surface area contributed by atoms with Crippen LogP contribution in [0.25, 0.3) is 0 Å². The Balaban J connectivity index is 1.60. The molecule has 2 aromatic carbocycles. The summed E-state index contributed by atoms with van der Waals surface area (Å²) < 4.78 is 11.0. The Hall–Kier alpha value is -3.08. The highest BCUT2D eigenvalue weighted by atomic mass is 16.5. The predicted octanol–water partition coefficient (Wildman–Crippen LogP) is 3.84. The van der Waals surface area contributed by atoms with Crippen molar-refractivity contribution in [1.29, 1.82) is 0 Å². The highest BCUT2D eigenvalue weighted by Gasteiger charge is 2.20. The van der Waals surface area contributed by atoms with Gasteiger partial charge >= 0.3 is 0 Å². The van der Waals surface area contributed by atoms with E-state index in [9.17, 15) is 4.79 Å². The largest absolute Gasteiger partial charge is 0.489 e. The minimum atomic E-state index is -0.249. The number of nitrogens with zero attached hydrogens (tertiary/aromatic N) is 1. The van der Waals surface area contributed by atoms with E-state index in [0.717, 1.165) is 17.7 Å². The predicted molar refractivity (Wildman–Crippen MR) is 99.2 cm³/mol. The van der Waals surface area contributed by atoms with Gasteiger partial charge in [-0.1, -0.05) is 47.6 Å². The third kappa shape index (κ3) is 4.51. The van der Waals surface area contributed by atoms with Crippen molar-refractivity contribution in [2.75, 3.05) is 6.54 Å². The fourth-order valence-electron chi connectivity index (χ4n) is 2.65. The van der Waals surface area contributed by atoms with Crippen molar-refractivity contribution >= 4 is 5.91 Å². The molecule has 3 rings (SSSR count). The Morgan fingerprint density at radius 2 is 1.92 bits per heavy atom. The van der Waals surface area contributed by atoms with Gasteiger partial charge in [0.05, 0.1) is 5.56 Å². The van der Waals surface area contributed by atoms with Gasteiger partial charge in [-0.15, -0.1) is 0 Å². The molecule has 0 spiro atoms. The van der Waals surface area contributed by atoms with Crippen molar-refractivity contribution in [3.05, 3.63) is 82.7 Å². The fourth-order valence-corrected chi connectivity index (χ4v) is 2.65. The van der Waals surface area contributed by atoms with Gasteiger partial charge in [-0.2, -0.15) is 0 Å². The molecule has 5 heteroatoms. The van der Waals surface area contributed by atoms with Crippen molar-refractivity contribution in [3.8, 4) is 5.75 Å². The minimum Gasteiger partial charge on any atom is -0.489 e. The third-order valence-electron chi connectivity index (χ3n) is 4.11. The molecule has 0 aliphatic heterocycles. The van der Waals surface area contributed by atoms with Crippen LogP contribution in [0, 0.1) is 13.8 Å². The first kappa shape index (κ1) is 17.7. The summed E-state index contributed by atoms with van der Waals surface area (Å²) in [5.41, 5.74) is 3.24. The number of aromatic nitrogens is 1. The first-order valence-electron chi connectivity index (χ1n) is 8.60. The smallest absolute Gasteiger partial charge is 0.273 e. The van der Waals surface area contributed by atoms with Crippen LogP contribution in [0.1, 0.15) is 32.9 Å². The molecular formula is C21H22N2O3. The minimum absolute atomic E-state index is 0.236. The number of aryl methyl sites for hydroxylation is 2. The Morgan fingerprint density at radius 1 is 1.12 bits per heavy atom. The summed E-state index contributed by atoms with van der Waals surface area (Å²) in [6.07, 6.45) is 0.762. The van der Waals surface area contributed by atoms with E-state index in [-0.39, 0.29) is 18.2 Å². The van der Waals surface area contributed by atoms with Crippen LogP contribution in [0.5, 0.6) is 5.75 Å². The van der Waals surface area contributed by atoms with Crippen LogP contribution >= 0.6 is 0 Å². The first-order valence-corrected chi connectivity index (χ1v) is 8.60. The normalized spacial score (nSPS) is 10.5. The van der Waals surface area contributed by atoms with E-state index >= 15 is 0 Å². The average molecular weight is 350 g/mol. The molecule has 3 aromatic rings. The van der Waals surface area contributed by atoms with Crippen molar-refractivity contribution < 1.29 is 14.1 Å². The van der Waals surface area contributed by atoms with Crippen LogP contribution < -0.4 is 10.1 Å². The fraction of sp³-hybridized carbons (Fsp3) is 0.238. The molecule has 134 valence electrons. The van der Waals surface area contributed by atoms with Crippen LogP contribution in [-0.4, -0.2) is 17.6 Å². The standard InChI is InChI=1S/C21H22N2O3/c1-15-7-6-10-18(13-15)25-14-19-16(2)26-23-20(19)21(24)22-12-11-17-8-4-3-5-9-17/h3-10,13H,11-12,14H2,1-2H3,(H,22,24). The summed E-state index contributed by atoms with van der Waals surface area (Å²) in [5.74, 6) is 1.09. The molecule has 0 bridgehead atoms. The number of nitrogens with one attached hydrogen (secondary N) is 1. The molecule has 0 unspecified atom stereocenters. The molecule has 0 aliphatic carbocycles. The molecule has 0 atom stereocenters. The van der Waals surface area contributed by atoms with E-state index < -0.39 is 0 Å². The summed E-state index contributed by atoms with van der Waals surface area (Å²) in [6.45, 7) is 4.55. The molecule has 0 saturated carbocycles. The maximum atomic E-state index is 12.4. The molecular weight excluding hydrogens is 328 g/mol. The van der Waals surface area contributed by atoms with Crippen LogP contribution in [0.4, 0.5) is 0 Å². The molecule has 1 aromatic heterocycles. The Bertz CT molecular complexity index is 872. The Kier molecular flexibility index (Phi) is 5.69. The van der Waals surface area contributed by atoms with Gasteiger partial charge in [0.2, 0.25) is 0 Å². The van der Waals surface area contributed by atoms with Gasteiger partial charge in [0, 0.05) is 6.54 Å². The van der Waals surface area contributed by atoms with Gasteiger partial charge in [-0.05, 0) is 43.5 Å². The second-order valence-corrected chi connectivity index (χ2v) is 6.16. The van der Waals surface area contributed by atoms with E-state index in [1.165, 1.54) is 5.56 Å². The van der Waals surface area contributed by atoms with Gasteiger partial charge in [0.25, 0.3) is 5.91 Å². The van der Waals surface area contributed by atoms with Crippen LogP contribution in [0.15, 0.2) is 59.1 Å². The zero-order valence-electron chi connectivity index (χ0n) is 15.0. The molecule has 0 aliphatic rings. The topological polar surface area (TPSA) is 64.4 Å². The molecule has 0 saturated heterocycles. The molecule has 1 heterocycles. The third-order valence-corrected chi connectivity index (χ3v) is 4.11. The quantitative estimate of drug-likeness (QED) is 0.703. The van der Waals surface area contributed by atoms with Gasteiger partial charge in [-0.3, -0.25) is 4.79 Å². The molecule has 0 fully saturated rings. The highest BCUT2D eigenvalue weighted by molar-refractivity contribution is 5.93. The molecule has 1 N–H and O–H groups in total. The lowest BCUT2D eigenvalue weighted by atomic mass is 10.1. The SMILES string of the molecule is Cc1cccc(OCc2c(C(=O)NCCc3ccccc3)noc2C)c1. The van der Waals surface area contributed by atoms with Gasteiger partial charge in [0.1, 0.15) is 18.1 Å².